The molecule has 0 radical (unpaired) electrons. The van der Waals surface area contributed by atoms with Crippen LogP contribution < -0.4 is 18.9 Å². The van der Waals surface area contributed by atoms with Gasteiger partial charge in [-0.1, -0.05) is 18.8 Å². The van der Waals surface area contributed by atoms with E-state index in [1.54, 1.807) is 0 Å². The van der Waals surface area contributed by atoms with Crippen molar-refractivity contribution in [3.05, 3.63) is 23.8 Å². The van der Waals surface area contributed by atoms with E-state index in [1.807, 2.05) is 6.08 Å². The van der Waals surface area contributed by atoms with Crippen molar-refractivity contribution in [1.82, 2.24) is 0 Å². The molecule has 1 saturated carbocycles. The third-order valence-electron chi connectivity index (χ3n) is 1.77. The van der Waals surface area contributed by atoms with Gasteiger partial charge in [-0.3, -0.25) is 6.08 Å². The largest absolute Gasteiger partial charge is 1.00 e. The molecule has 36 valence electrons. The molecule has 0 heterocycles. The fourth-order valence-electron chi connectivity index (χ4n) is 1.12. The number of allylic oxidation sites excluding steroid dienone is 4. The molecule has 0 N–H and O–H groups in total. The van der Waals surface area contributed by atoms with Gasteiger partial charge in [0, 0.05) is 0 Å². The molecule has 8 heavy (non-hydrogen) atoms. The summed E-state index contributed by atoms with van der Waals surface area (Å²) in [5.41, 5.74) is 1.53. The molecule has 0 saturated heterocycles. The molecule has 0 aromatic carbocycles. The summed E-state index contributed by atoms with van der Waals surface area (Å²) in [5, 5.41) is 0. The second-order valence-corrected chi connectivity index (χ2v) is 2.17. The fourth-order valence-corrected chi connectivity index (χ4v) is 1.12. The van der Waals surface area contributed by atoms with Crippen LogP contribution in [-0.4, -0.2) is 0 Å². The van der Waals surface area contributed by atoms with Crippen LogP contribution >= 0.6 is 0 Å². The van der Waals surface area contributed by atoms with E-state index < -0.39 is 0 Å². The minimum Gasteiger partial charge on any atom is -0.253 e. The fraction of sp³-hybridized carbons (Fsp3) is 0.429. The maximum Gasteiger partial charge on any atom is 1.00 e. The Bertz CT molecular complexity index is 144. The molecule has 1 fully saturated rings. The number of hydrogen-bond acceptors (Lipinski definition) is 0. The van der Waals surface area contributed by atoms with E-state index in [2.05, 4.69) is 12.2 Å². The van der Waals surface area contributed by atoms with Crippen LogP contribution in [0.3, 0.4) is 0 Å². The molecule has 0 bridgehead atoms. The van der Waals surface area contributed by atoms with Crippen molar-refractivity contribution < 1.29 is 18.9 Å². The Morgan fingerprint density at radius 2 is 2.50 bits per heavy atom. The number of rotatable bonds is 0. The first-order valence-corrected chi connectivity index (χ1v) is 2.76. The zero-order chi connectivity index (χ0) is 4.69. The summed E-state index contributed by atoms with van der Waals surface area (Å²) in [6.45, 7) is 0. The van der Waals surface area contributed by atoms with Crippen molar-refractivity contribution in [2.24, 2.45) is 5.92 Å². The van der Waals surface area contributed by atoms with Gasteiger partial charge < -0.3 is 0 Å². The predicted octanol–water partition coefficient (Wildman–Crippen LogP) is -1.30. The third kappa shape index (κ3) is 0.689. The molecule has 0 aromatic heterocycles. The molecule has 2 rings (SSSR count). The van der Waals surface area contributed by atoms with Gasteiger partial charge in [-0.2, -0.15) is 5.57 Å². The maximum atomic E-state index is 3.19. The van der Waals surface area contributed by atoms with E-state index in [0.29, 0.717) is 0 Å². The van der Waals surface area contributed by atoms with E-state index in [-0.39, 0.29) is 18.9 Å². The SMILES string of the molecule is [C-]1=C2CCC2C=C1.[Li+]. The summed E-state index contributed by atoms with van der Waals surface area (Å²) < 4.78 is 0. The summed E-state index contributed by atoms with van der Waals surface area (Å²) >= 11 is 0. The van der Waals surface area contributed by atoms with E-state index in [0.717, 1.165) is 5.92 Å². The number of hydrogen-bond donors (Lipinski definition) is 0. The first-order chi connectivity index (χ1) is 3.47. The molecular weight excluding hydrogens is 91.0 g/mol. The molecule has 0 nitrogen and oxygen atoms in total. The van der Waals surface area contributed by atoms with E-state index >= 15 is 0 Å². The minimum absolute atomic E-state index is 0. The Morgan fingerprint density at radius 1 is 1.62 bits per heavy atom. The van der Waals surface area contributed by atoms with Crippen molar-refractivity contribution in [2.75, 3.05) is 0 Å². The van der Waals surface area contributed by atoms with Gasteiger partial charge in [-0.25, -0.2) is 12.2 Å². The second-order valence-electron chi connectivity index (χ2n) is 2.17. The molecule has 2 aliphatic rings. The average Bonchev–Trinajstić information content (AvgIpc) is 1.85. The average molecular weight is 98.1 g/mol. The van der Waals surface area contributed by atoms with Crippen LogP contribution in [0.1, 0.15) is 12.8 Å². The zero-order valence-corrected chi connectivity index (χ0v) is 5.15. The van der Waals surface area contributed by atoms with Crippen LogP contribution in [0.2, 0.25) is 0 Å². The van der Waals surface area contributed by atoms with Gasteiger partial charge in [-0.05, 0) is 0 Å². The Kier molecular flexibility index (Phi) is 1.65. The van der Waals surface area contributed by atoms with Crippen molar-refractivity contribution >= 4 is 0 Å². The predicted molar refractivity (Wildman–Crippen MR) is 28.6 cm³/mol. The smallest absolute Gasteiger partial charge is 0.253 e. The molecular formula is C7H7Li. The van der Waals surface area contributed by atoms with E-state index in [1.165, 1.54) is 18.4 Å². The summed E-state index contributed by atoms with van der Waals surface area (Å²) in [6, 6.07) is 0. The topological polar surface area (TPSA) is 0 Å². The van der Waals surface area contributed by atoms with Gasteiger partial charge >= 0.3 is 18.9 Å². The second kappa shape index (κ2) is 2.13. The molecule has 0 spiro atoms. The Morgan fingerprint density at radius 3 is 2.75 bits per heavy atom. The van der Waals surface area contributed by atoms with Crippen LogP contribution in [0.4, 0.5) is 0 Å². The Labute approximate surface area is 61.8 Å². The molecule has 1 heteroatoms. The Hall–Kier alpha value is 0.0774. The van der Waals surface area contributed by atoms with Gasteiger partial charge in [0.05, 0.1) is 0 Å². The van der Waals surface area contributed by atoms with Crippen LogP contribution in [-0.2, 0) is 0 Å². The van der Waals surface area contributed by atoms with E-state index in [4.69, 9.17) is 0 Å². The van der Waals surface area contributed by atoms with Crippen LogP contribution in [0.5, 0.6) is 0 Å². The zero-order valence-electron chi connectivity index (χ0n) is 5.15. The van der Waals surface area contributed by atoms with Crippen molar-refractivity contribution in [2.45, 2.75) is 12.8 Å². The molecule has 0 aliphatic heterocycles. The van der Waals surface area contributed by atoms with Crippen LogP contribution in [0.25, 0.3) is 0 Å². The summed E-state index contributed by atoms with van der Waals surface area (Å²) in [5.74, 6) is 0.819. The molecule has 1 atom stereocenters. The Balaban J connectivity index is 0.000000320. The van der Waals surface area contributed by atoms with Crippen LogP contribution in [0.15, 0.2) is 17.7 Å². The van der Waals surface area contributed by atoms with Gasteiger partial charge in [0.25, 0.3) is 0 Å². The first kappa shape index (κ1) is 6.20. The number of fused-ring (bicyclic) bond motifs is 1. The van der Waals surface area contributed by atoms with Gasteiger partial charge in [-0.15, -0.1) is 0 Å². The maximum absolute atomic E-state index is 3.19. The third-order valence-corrected chi connectivity index (χ3v) is 1.77. The van der Waals surface area contributed by atoms with Crippen LogP contribution in [0, 0.1) is 12.0 Å². The summed E-state index contributed by atoms with van der Waals surface area (Å²) in [7, 11) is 0. The minimum atomic E-state index is 0. The normalized spacial score (nSPS) is 30.0. The quantitative estimate of drug-likeness (QED) is 0.261. The molecule has 1 unspecified atom stereocenters. The van der Waals surface area contributed by atoms with E-state index in [9.17, 15) is 0 Å². The van der Waals surface area contributed by atoms with Gasteiger partial charge in [0.1, 0.15) is 0 Å². The van der Waals surface area contributed by atoms with Gasteiger partial charge in [0.15, 0.2) is 0 Å². The monoisotopic (exact) mass is 98.1 g/mol. The standard InChI is InChI=1S/C7H7.Li/c1-2-6-4-5-7(6)3-1;/h1-2,6H,4-5H2;/q-1;+1. The van der Waals surface area contributed by atoms with Crippen molar-refractivity contribution in [3.8, 4) is 0 Å². The van der Waals surface area contributed by atoms with Crippen molar-refractivity contribution in [3.63, 3.8) is 0 Å². The first-order valence-electron chi connectivity index (χ1n) is 2.76. The summed E-state index contributed by atoms with van der Waals surface area (Å²) in [6.07, 6.45) is 10.2. The van der Waals surface area contributed by atoms with Gasteiger partial charge in [0.2, 0.25) is 0 Å². The summed E-state index contributed by atoms with van der Waals surface area (Å²) in [4.78, 5) is 0. The molecule has 0 aromatic rings. The van der Waals surface area contributed by atoms with Crippen molar-refractivity contribution in [1.29, 1.82) is 0 Å². The molecule has 2 aliphatic carbocycles. The molecule has 0 amide bonds.